The van der Waals surface area contributed by atoms with Crippen LogP contribution >= 0.6 is 15.9 Å². The highest BCUT2D eigenvalue weighted by Gasteiger charge is 2.64. The van der Waals surface area contributed by atoms with Gasteiger partial charge in [-0.1, -0.05) is 25.0 Å². The SMILES string of the molecule is C#CCNC(=O)c1nn(CC(=O)N2[C@H](C(=O)Cc3nc(Br)ccc3C)C[C@@]3(C)C[C@@H]23)c2ccc(-c3cnc(C)nc3)cc12. The van der Waals surface area contributed by atoms with E-state index in [2.05, 4.69) is 54.1 Å². The molecule has 1 N–H and O–H groups in total. The van der Waals surface area contributed by atoms with Crippen molar-refractivity contribution < 1.29 is 14.4 Å². The van der Waals surface area contributed by atoms with Crippen molar-refractivity contribution in [2.75, 3.05) is 6.54 Å². The van der Waals surface area contributed by atoms with Crippen molar-refractivity contribution in [3.05, 3.63) is 70.1 Å². The Hall–Kier alpha value is -4.43. The molecule has 2 amide bonds. The summed E-state index contributed by atoms with van der Waals surface area (Å²) in [6.07, 6.45) is 10.4. The average Bonchev–Trinajstić information content (AvgIpc) is 3.35. The second-order valence-corrected chi connectivity index (χ2v) is 12.4. The minimum atomic E-state index is -0.537. The fraction of sp³-hybridized carbons (Fsp3) is 0.344. The summed E-state index contributed by atoms with van der Waals surface area (Å²) in [6, 6.07) is 8.79. The minimum Gasteiger partial charge on any atom is -0.340 e. The van der Waals surface area contributed by atoms with Crippen molar-refractivity contribution in [3.8, 4) is 23.5 Å². The summed E-state index contributed by atoms with van der Waals surface area (Å²) in [6.45, 7) is 5.79. The molecule has 4 heterocycles. The number of benzene rings is 1. The summed E-state index contributed by atoms with van der Waals surface area (Å²) in [5.41, 5.74) is 3.92. The van der Waals surface area contributed by atoms with Gasteiger partial charge in [-0.15, -0.1) is 6.42 Å². The van der Waals surface area contributed by atoms with Crippen molar-refractivity contribution >= 4 is 44.4 Å². The molecular weight excluding hydrogens is 610 g/mol. The molecule has 218 valence electrons. The van der Waals surface area contributed by atoms with E-state index in [0.717, 1.165) is 23.1 Å². The Morgan fingerprint density at radius 1 is 1.12 bits per heavy atom. The maximum atomic E-state index is 13.9. The van der Waals surface area contributed by atoms with Gasteiger partial charge in [-0.3, -0.25) is 19.1 Å². The van der Waals surface area contributed by atoms with Crippen molar-refractivity contribution in [1.82, 2.24) is 34.9 Å². The number of pyridine rings is 1. The van der Waals surface area contributed by atoms with Crippen LogP contribution in [0.4, 0.5) is 0 Å². The summed E-state index contributed by atoms with van der Waals surface area (Å²) in [5, 5.41) is 7.82. The van der Waals surface area contributed by atoms with Crippen LogP contribution in [0.15, 0.2) is 47.3 Å². The third-order valence-electron chi connectivity index (χ3n) is 8.52. The molecule has 10 nitrogen and oxygen atoms in total. The molecule has 1 aromatic carbocycles. The number of nitrogens with one attached hydrogen (secondary N) is 1. The third kappa shape index (κ3) is 5.43. The van der Waals surface area contributed by atoms with Gasteiger partial charge in [0, 0.05) is 29.4 Å². The van der Waals surface area contributed by atoms with Crippen LogP contribution in [0.5, 0.6) is 0 Å². The molecule has 2 aliphatic rings. The van der Waals surface area contributed by atoms with E-state index in [0.29, 0.717) is 33.4 Å². The Morgan fingerprint density at radius 2 is 1.88 bits per heavy atom. The lowest BCUT2D eigenvalue weighted by atomic mass is 9.96. The number of hydrogen-bond donors (Lipinski definition) is 1. The summed E-state index contributed by atoms with van der Waals surface area (Å²) in [7, 11) is 0. The van der Waals surface area contributed by atoms with Crippen LogP contribution in [-0.4, -0.2) is 65.9 Å². The molecule has 1 saturated heterocycles. The topological polar surface area (TPSA) is 123 Å². The van der Waals surface area contributed by atoms with E-state index in [1.807, 2.05) is 44.2 Å². The van der Waals surface area contributed by atoms with Gasteiger partial charge in [-0.2, -0.15) is 5.10 Å². The Balaban J connectivity index is 1.31. The van der Waals surface area contributed by atoms with E-state index in [4.69, 9.17) is 6.42 Å². The Morgan fingerprint density at radius 3 is 2.63 bits per heavy atom. The van der Waals surface area contributed by atoms with Crippen LogP contribution in [-0.2, 0) is 22.6 Å². The van der Waals surface area contributed by atoms with Crippen molar-refractivity contribution in [2.45, 2.75) is 58.7 Å². The van der Waals surface area contributed by atoms with Gasteiger partial charge < -0.3 is 10.2 Å². The highest BCUT2D eigenvalue weighted by molar-refractivity contribution is 9.10. The molecule has 0 spiro atoms. The van der Waals surface area contributed by atoms with Gasteiger partial charge in [0.25, 0.3) is 5.91 Å². The number of Topliss-reactive ketones (excluding diaryl/α,β-unsaturated/α-hetero) is 1. The average molecular weight is 641 g/mol. The van der Waals surface area contributed by atoms with Gasteiger partial charge in [0.05, 0.1) is 30.2 Å². The molecule has 3 aromatic heterocycles. The first-order valence-electron chi connectivity index (χ1n) is 14.0. The zero-order valence-corrected chi connectivity index (χ0v) is 25.7. The molecule has 1 saturated carbocycles. The lowest BCUT2D eigenvalue weighted by Crippen LogP contribution is -2.45. The van der Waals surface area contributed by atoms with E-state index in [1.54, 1.807) is 17.3 Å². The van der Waals surface area contributed by atoms with Crippen LogP contribution < -0.4 is 5.32 Å². The number of likely N-dealkylation sites (tertiary alicyclic amines) is 1. The highest BCUT2D eigenvalue weighted by Crippen LogP contribution is 2.59. The predicted molar refractivity (Wildman–Crippen MR) is 164 cm³/mol. The number of carbonyl (C=O) groups excluding carboxylic acids is 3. The number of hydrogen-bond acceptors (Lipinski definition) is 7. The molecule has 6 rings (SSSR count). The summed E-state index contributed by atoms with van der Waals surface area (Å²) < 4.78 is 2.21. The number of halogens is 1. The maximum Gasteiger partial charge on any atom is 0.273 e. The fourth-order valence-electron chi connectivity index (χ4n) is 6.03. The first-order valence-corrected chi connectivity index (χ1v) is 14.8. The van der Waals surface area contributed by atoms with E-state index in [1.165, 1.54) is 4.68 Å². The first kappa shape index (κ1) is 28.7. The molecule has 0 bridgehead atoms. The van der Waals surface area contributed by atoms with Crippen LogP contribution in [0.1, 0.15) is 47.3 Å². The summed E-state index contributed by atoms with van der Waals surface area (Å²) in [5.74, 6) is 2.38. The molecule has 0 unspecified atom stereocenters. The number of rotatable bonds is 8. The number of fused-ring (bicyclic) bond motifs is 2. The van der Waals surface area contributed by atoms with E-state index < -0.39 is 11.9 Å². The Labute approximate surface area is 257 Å². The second kappa shape index (κ2) is 11.0. The normalized spacial score (nSPS) is 20.5. The standard InChI is InChI=1S/C32H30BrN7O3/c1-5-10-34-31(43)30-22-11-20(21-15-35-19(3)36-16-21)7-8-24(22)39(38-30)17-29(42)40-25(13-32(4)14-27(32)40)26(41)12-23-18(2)6-9-28(33)37-23/h1,6-9,11,15-16,25,27H,10,12-14,17H2,2-4H3,(H,34,43)/t25-,27+,32-/m0/s1. The van der Waals surface area contributed by atoms with Crippen LogP contribution in [0.2, 0.25) is 0 Å². The lowest BCUT2D eigenvalue weighted by Gasteiger charge is -2.27. The number of nitrogens with zero attached hydrogens (tertiary/aromatic N) is 6. The fourth-order valence-corrected chi connectivity index (χ4v) is 6.38. The maximum absolute atomic E-state index is 13.9. The predicted octanol–water partition coefficient (Wildman–Crippen LogP) is 3.82. The number of aromatic nitrogens is 5. The second-order valence-electron chi connectivity index (χ2n) is 11.6. The van der Waals surface area contributed by atoms with Gasteiger partial charge in [0.15, 0.2) is 11.5 Å². The van der Waals surface area contributed by atoms with E-state index >= 15 is 0 Å². The third-order valence-corrected chi connectivity index (χ3v) is 8.96. The van der Waals surface area contributed by atoms with Gasteiger partial charge in [0.1, 0.15) is 17.0 Å². The zero-order chi connectivity index (χ0) is 30.5. The Kier molecular flexibility index (Phi) is 7.34. The molecule has 0 radical (unpaired) electrons. The van der Waals surface area contributed by atoms with E-state index in [-0.39, 0.29) is 48.4 Å². The number of piperidine rings is 1. The van der Waals surface area contributed by atoms with Gasteiger partial charge in [-0.05, 0) is 77.4 Å². The van der Waals surface area contributed by atoms with Gasteiger partial charge in [0.2, 0.25) is 5.91 Å². The molecule has 2 fully saturated rings. The Bertz CT molecular complexity index is 1830. The molecule has 4 aromatic rings. The zero-order valence-electron chi connectivity index (χ0n) is 24.1. The number of amides is 2. The number of aryl methyl sites for hydroxylation is 2. The van der Waals surface area contributed by atoms with Crippen LogP contribution in [0.3, 0.4) is 0 Å². The monoisotopic (exact) mass is 639 g/mol. The molecular formula is C32H30BrN7O3. The molecule has 1 aliphatic carbocycles. The number of ketones is 1. The largest absolute Gasteiger partial charge is 0.340 e. The quantitative estimate of drug-likeness (QED) is 0.230. The molecule has 11 heteroatoms. The molecule has 3 atom stereocenters. The molecule has 43 heavy (non-hydrogen) atoms. The van der Waals surface area contributed by atoms with Crippen molar-refractivity contribution in [1.29, 1.82) is 0 Å². The molecule has 1 aliphatic heterocycles. The van der Waals surface area contributed by atoms with E-state index in [9.17, 15) is 14.4 Å². The summed E-state index contributed by atoms with van der Waals surface area (Å²) >= 11 is 3.39. The number of carbonyl (C=O) groups is 3. The first-order chi connectivity index (χ1) is 20.6. The van der Waals surface area contributed by atoms with Crippen molar-refractivity contribution in [3.63, 3.8) is 0 Å². The van der Waals surface area contributed by atoms with Crippen molar-refractivity contribution in [2.24, 2.45) is 5.41 Å². The van der Waals surface area contributed by atoms with Gasteiger partial charge >= 0.3 is 0 Å². The van der Waals surface area contributed by atoms with Crippen LogP contribution in [0.25, 0.3) is 22.0 Å². The smallest absolute Gasteiger partial charge is 0.273 e. The summed E-state index contributed by atoms with van der Waals surface area (Å²) in [4.78, 5) is 55.4. The van der Waals surface area contributed by atoms with Gasteiger partial charge in [-0.25, -0.2) is 15.0 Å². The minimum absolute atomic E-state index is 0.00104. The van der Waals surface area contributed by atoms with Crippen LogP contribution in [0, 0.1) is 31.6 Å². The lowest BCUT2D eigenvalue weighted by molar-refractivity contribution is -0.139. The highest BCUT2D eigenvalue weighted by atomic mass is 79.9. The number of terminal acetylenes is 1.